The summed E-state index contributed by atoms with van der Waals surface area (Å²) in [7, 11) is 0. The molecule has 0 aromatic heterocycles. The third-order valence-corrected chi connectivity index (χ3v) is 4.36. The van der Waals surface area contributed by atoms with Gasteiger partial charge in [0.1, 0.15) is 0 Å². The Labute approximate surface area is 113 Å². The zero-order chi connectivity index (χ0) is 12.8. The molecule has 1 aliphatic rings. The molecule has 0 bridgehead atoms. The second kappa shape index (κ2) is 6.81. The number of carbonyl (C=O) groups excluding carboxylic acids is 1. The van der Waals surface area contributed by atoms with Gasteiger partial charge in [-0.2, -0.15) is 0 Å². The Morgan fingerprint density at radius 1 is 1.33 bits per heavy atom. The maximum Gasteiger partial charge on any atom is 0.221 e. The molecule has 1 saturated heterocycles. The molecule has 4 heteroatoms. The van der Waals surface area contributed by atoms with Crippen LogP contribution in [0.1, 0.15) is 19.8 Å². The van der Waals surface area contributed by atoms with E-state index in [0.29, 0.717) is 0 Å². The fourth-order valence-corrected chi connectivity index (χ4v) is 3.19. The molecule has 1 aromatic rings. The van der Waals surface area contributed by atoms with E-state index >= 15 is 0 Å². The first kappa shape index (κ1) is 13.4. The van der Waals surface area contributed by atoms with E-state index in [0.717, 1.165) is 24.7 Å². The van der Waals surface area contributed by atoms with Crippen LogP contribution in [0.25, 0.3) is 0 Å². The minimum atomic E-state index is -0.0230. The quantitative estimate of drug-likeness (QED) is 0.822. The zero-order valence-electron chi connectivity index (χ0n) is 10.7. The van der Waals surface area contributed by atoms with Crippen molar-refractivity contribution in [2.45, 2.75) is 24.7 Å². The molecular formula is C14H20N2OS. The van der Waals surface area contributed by atoms with E-state index in [2.05, 4.69) is 22.8 Å². The number of rotatable bonds is 4. The SMILES string of the molecule is CC(=O)Nc1ccc(SCC2CCNCC2)cc1. The molecule has 1 aliphatic heterocycles. The van der Waals surface area contributed by atoms with E-state index in [1.807, 2.05) is 23.9 Å². The predicted octanol–water partition coefficient (Wildman–Crippen LogP) is 2.74. The molecule has 0 radical (unpaired) electrons. The van der Waals surface area contributed by atoms with E-state index in [-0.39, 0.29) is 5.91 Å². The van der Waals surface area contributed by atoms with Gasteiger partial charge >= 0.3 is 0 Å². The first-order valence-electron chi connectivity index (χ1n) is 6.45. The second-order valence-corrected chi connectivity index (χ2v) is 5.80. The number of carbonyl (C=O) groups is 1. The molecule has 0 spiro atoms. The summed E-state index contributed by atoms with van der Waals surface area (Å²) in [6.45, 7) is 3.85. The number of anilines is 1. The van der Waals surface area contributed by atoms with Gasteiger partial charge in [0.15, 0.2) is 0 Å². The summed E-state index contributed by atoms with van der Waals surface area (Å²) in [6, 6.07) is 8.09. The summed E-state index contributed by atoms with van der Waals surface area (Å²) < 4.78 is 0. The molecule has 1 aromatic carbocycles. The summed E-state index contributed by atoms with van der Waals surface area (Å²) in [4.78, 5) is 12.2. The average Bonchev–Trinajstić information content (AvgIpc) is 2.38. The first-order chi connectivity index (χ1) is 8.74. The zero-order valence-corrected chi connectivity index (χ0v) is 11.6. The van der Waals surface area contributed by atoms with Gasteiger partial charge in [-0.25, -0.2) is 0 Å². The molecule has 1 amide bonds. The van der Waals surface area contributed by atoms with Crippen molar-refractivity contribution in [1.82, 2.24) is 5.32 Å². The lowest BCUT2D eigenvalue weighted by Gasteiger charge is -2.22. The Kier molecular flexibility index (Phi) is 5.08. The molecule has 1 fully saturated rings. The fourth-order valence-electron chi connectivity index (χ4n) is 2.10. The third kappa shape index (κ3) is 4.35. The summed E-state index contributed by atoms with van der Waals surface area (Å²) in [6.07, 6.45) is 2.58. The van der Waals surface area contributed by atoms with Crippen LogP contribution in [-0.4, -0.2) is 24.7 Å². The number of piperidine rings is 1. The highest BCUT2D eigenvalue weighted by atomic mass is 32.2. The van der Waals surface area contributed by atoms with Gasteiger partial charge in [0.25, 0.3) is 0 Å². The molecule has 0 aliphatic carbocycles. The van der Waals surface area contributed by atoms with Crippen LogP contribution in [0.5, 0.6) is 0 Å². The van der Waals surface area contributed by atoms with Crippen molar-refractivity contribution in [2.75, 3.05) is 24.2 Å². The average molecular weight is 264 g/mol. The standard InChI is InChI=1S/C14H20N2OS/c1-11(17)16-13-2-4-14(5-3-13)18-10-12-6-8-15-9-7-12/h2-5,12,15H,6-10H2,1H3,(H,16,17). The molecule has 98 valence electrons. The van der Waals surface area contributed by atoms with E-state index < -0.39 is 0 Å². The molecule has 0 saturated carbocycles. The maximum absolute atomic E-state index is 10.9. The number of hydrogen-bond donors (Lipinski definition) is 2. The molecule has 2 rings (SSSR count). The monoisotopic (exact) mass is 264 g/mol. The van der Waals surface area contributed by atoms with Gasteiger partial charge in [-0.1, -0.05) is 0 Å². The van der Waals surface area contributed by atoms with Crippen LogP contribution >= 0.6 is 11.8 Å². The van der Waals surface area contributed by atoms with E-state index in [4.69, 9.17) is 0 Å². The topological polar surface area (TPSA) is 41.1 Å². The number of benzene rings is 1. The van der Waals surface area contributed by atoms with Crippen molar-refractivity contribution < 1.29 is 4.79 Å². The Hall–Kier alpha value is -1.00. The van der Waals surface area contributed by atoms with Crippen LogP contribution < -0.4 is 10.6 Å². The Morgan fingerprint density at radius 3 is 2.61 bits per heavy atom. The van der Waals surface area contributed by atoms with Crippen LogP contribution in [0.3, 0.4) is 0 Å². The minimum absolute atomic E-state index is 0.0230. The van der Waals surface area contributed by atoms with Crippen LogP contribution in [0.4, 0.5) is 5.69 Å². The van der Waals surface area contributed by atoms with Gasteiger partial charge < -0.3 is 10.6 Å². The minimum Gasteiger partial charge on any atom is -0.326 e. The number of thioether (sulfide) groups is 1. The van der Waals surface area contributed by atoms with Gasteiger partial charge in [-0.3, -0.25) is 4.79 Å². The van der Waals surface area contributed by atoms with E-state index in [1.54, 1.807) is 0 Å². The van der Waals surface area contributed by atoms with Gasteiger partial charge in [-0.05, 0) is 56.1 Å². The van der Waals surface area contributed by atoms with E-state index in [9.17, 15) is 4.79 Å². The van der Waals surface area contributed by atoms with Crippen LogP contribution in [-0.2, 0) is 4.79 Å². The molecule has 1 heterocycles. The van der Waals surface area contributed by atoms with Crippen LogP contribution in [0.2, 0.25) is 0 Å². The number of hydrogen-bond acceptors (Lipinski definition) is 3. The Bertz CT molecular complexity index is 385. The van der Waals surface area contributed by atoms with Crippen molar-refractivity contribution in [3.05, 3.63) is 24.3 Å². The summed E-state index contributed by atoms with van der Waals surface area (Å²) in [5.41, 5.74) is 0.869. The van der Waals surface area contributed by atoms with Crippen LogP contribution in [0, 0.1) is 5.92 Å². The number of nitrogens with one attached hydrogen (secondary N) is 2. The highest BCUT2D eigenvalue weighted by molar-refractivity contribution is 7.99. The second-order valence-electron chi connectivity index (χ2n) is 4.71. The Balaban J connectivity index is 1.80. The highest BCUT2D eigenvalue weighted by Crippen LogP contribution is 2.25. The lowest BCUT2D eigenvalue weighted by molar-refractivity contribution is -0.114. The third-order valence-electron chi connectivity index (χ3n) is 3.12. The van der Waals surface area contributed by atoms with Crippen molar-refractivity contribution in [3.63, 3.8) is 0 Å². The molecule has 0 atom stereocenters. The molecular weight excluding hydrogens is 244 g/mol. The largest absolute Gasteiger partial charge is 0.326 e. The molecule has 3 nitrogen and oxygen atoms in total. The van der Waals surface area contributed by atoms with Crippen molar-refractivity contribution in [3.8, 4) is 0 Å². The highest BCUT2D eigenvalue weighted by Gasteiger charge is 2.12. The first-order valence-corrected chi connectivity index (χ1v) is 7.44. The van der Waals surface area contributed by atoms with Crippen LogP contribution in [0.15, 0.2) is 29.2 Å². The summed E-state index contributed by atoms with van der Waals surface area (Å²) in [5.74, 6) is 2.01. The van der Waals surface area contributed by atoms with Gasteiger partial charge in [0, 0.05) is 23.3 Å². The Morgan fingerprint density at radius 2 is 2.00 bits per heavy atom. The molecule has 2 N–H and O–H groups in total. The molecule has 0 unspecified atom stereocenters. The van der Waals surface area contributed by atoms with Crippen molar-refractivity contribution >= 4 is 23.4 Å². The summed E-state index contributed by atoms with van der Waals surface area (Å²) >= 11 is 1.91. The van der Waals surface area contributed by atoms with Crippen molar-refractivity contribution in [1.29, 1.82) is 0 Å². The lowest BCUT2D eigenvalue weighted by atomic mass is 10.0. The fraction of sp³-hybridized carbons (Fsp3) is 0.500. The number of amides is 1. The predicted molar refractivity (Wildman–Crippen MR) is 77.1 cm³/mol. The summed E-state index contributed by atoms with van der Waals surface area (Å²) in [5, 5.41) is 6.17. The smallest absolute Gasteiger partial charge is 0.221 e. The lowest BCUT2D eigenvalue weighted by Crippen LogP contribution is -2.28. The molecule has 18 heavy (non-hydrogen) atoms. The maximum atomic E-state index is 10.9. The van der Waals surface area contributed by atoms with Gasteiger partial charge in [0.2, 0.25) is 5.91 Å². The normalized spacial score (nSPS) is 16.5. The van der Waals surface area contributed by atoms with E-state index in [1.165, 1.54) is 30.4 Å². The van der Waals surface area contributed by atoms with Gasteiger partial charge in [0.05, 0.1) is 0 Å². The van der Waals surface area contributed by atoms with Gasteiger partial charge in [-0.15, -0.1) is 11.8 Å². The van der Waals surface area contributed by atoms with Crippen molar-refractivity contribution in [2.24, 2.45) is 5.92 Å².